The van der Waals surface area contributed by atoms with Crippen LogP contribution in [0.3, 0.4) is 0 Å². The van der Waals surface area contributed by atoms with Gasteiger partial charge in [-0.1, -0.05) is 12.5 Å². The fourth-order valence-electron chi connectivity index (χ4n) is 2.87. The fraction of sp³-hybridized carbons (Fsp3) is 0.500. The minimum absolute atomic E-state index is 0.00594. The highest BCUT2D eigenvalue weighted by Gasteiger charge is 2.25. The number of benzene rings is 1. The number of hydrogen-bond donors (Lipinski definition) is 1. The van der Waals surface area contributed by atoms with Crippen molar-refractivity contribution >= 4 is 17.5 Å². The summed E-state index contributed by atoms with van der Waals surface area (Å²) in [5.74, 6) is 0.753. The first-order valence-electron chi connectivity index (χ1n) is 7.39. The normalized spacial score (nSPS) is 17.4. The average molecular weight is 272 g/mol. The molecule has 0 saturated heterocycles. The molecule has 1 saturated carbocycles. The van der Waals surface area contributed by atoms with Gasteiger partial charge in [-0.05, 0) is 43.4 Å². The molecule has 20 heavy (non-hydrogen) atoms. The third-order valence-electron chi connectivity index (χ3n) is 4.35. The van der Waals surface area contributed by atoms with Gasteiger partial charge in [0.2, 0.25) is 5.91 Å². The van der Waals surface area contributed by atoms with Crippen molar-refractivity contribution in [2.75, 3.05) is 18.4 Å². The number of anilines is 1. The Kier molecular flexibility index (Phi) is 3.47. The zero-order valence-corrected chi connectivity index (χ0v) is 11.8. The number of carbonyl (C=O) groups is 2. The summed E-state index contributed by atoms with van der Waals surface area (Å²) in [4.78, 5) is 25.8. The summed E-state index contributed by atoms with van der Waals surface area (Å²) in [6, 6.07) is 5.54. The summed E-state index contributed by atoms with van der Waals surface area (Å²) in [5.41, 5.74) is 2.45. The minimum atomic E-state index is 0.00594. The van der Waals surface area contributed by atoms with Gasteiger partial charge in [0.1, 0.15) is 0 Å². The largest absolute Gasteiger partial charge is 0.339 e. The van der Waals surface area contributed by atoms with E-state index in [0.29, 0.717) is 17.9 Å². The van der Waals surface area contributed by atoms with Gasteiger partial charge in [0.05, 0.1) is 6.42 Å². The summed E-state index contributed by atoms with van der Waals surface area (Å²) in [6.07, 6.45) is 4.19. The molecule has 3 rings (SSSR count). The Hall–Kier alpha value is -1.84. The number of nitrogens with one attached hydrogen (secondary N) is 1. The molecule has 1 N–H and O–H groups in total. The molecular weight excluding hydrogens is 252 g/mol. The fourth-order valence-corrected chi connectivity index (χ4v) is 2.87. The highest BCUT2D eigenvalue weighted by Crippen LogP contribution is 2.28. The highest BCUT2D eigenvalue weighted by atomic mass is 16.2. The van der Waals surface area contributed by atoms with E-state index in [0.717, 1.165) is 24.3 Å². The molecule has 0 spiro atoms. The van der Waals surface area contributed by atoms with E-state index in [1.807, 2.05) is 30.0 Å². The van der Waals surface area contributed by atoms with Crippen LogP contribution in [0, 0.1) is 5.92 Å². The molecule has 4 nitrogen and oxygen atoms in total. The van der Waals surface area contributed by atoms with Gasteiger partial charge in [-0.25, -0.2) is 0 Å². The van der Waals surface area contributed by atoms with Crippen LogP contribution in [0.5, 0.6) is 0 Å². The molecule has 1 fully saturated rings. The molecule has 2 aliphatic rings. The van der Waals surface area contributed by atoms with Gasteiger partial charge in [-0.15, -0.1) is 0 Å². The molecule has 4 heteroatoms. The third-order valence-corrected chi connectivity index (χ3v) is 4.35. The second kappa shape index (κ2) is 5.27. The number of rotatable bonds is 4. The van der Waals surface area contributed by atoms with E-state index in [4.69, 9.17) is 0 Å². The lowest BCUT2D eigenvalue weighted by Gasteiger charge is -2.31. The van der Waals surface area contributed by atoms with Crippen molar-refractivity contribution in [2.45, 2.75) is 32.6 Å². The highest BCUT2D eigenvalue weighted by molar-refractivity contribution is 6.02. The van der Waals surface area contributed by atoms with Crippen LogP contribution in [0.25, 0.3) is 0 Å². The second-order valence-corrected chi connectivity index (χ2v) is 5.74. The van der Waals surface area contributed by atoms with Crippen molar-refractivity contribution in [3.05, 3.63) is 29.3 Å². The Morgan fingerprint density at radius 2 is 2.20 bits per heavy atom. The molecule has 1 aliphatic carbocycles. The predicted octanol–water partition coefficient (Wildman–Crippen LogP) is 2.44. The number of amides is 2. The first kappa shape index (κ1) is 13.2. The monoisotopic (exact) mass is 272 g/mol. The van der Waals surface area contributed by atoms with Crippen molar-refractivity contribution in [1.29, 1.82) is 0 Å². The maximum Gasteiger partial charge on any atom is 0.253 e. The van der Waals surface area contributed by atoms with Crippen LogP contribution in [0.15, 0.2) is 18.2 Å². The van der Waals surface area contributed by atoms with Gasteiger partial charge < -0.3 is 10.2 Å². The van der Waals surface area contributed by atoms with E-state index in [9.17, 15) is 9.59 Å². The van der Waals surface area contributed by atoms with Crippen molar-refractivity contribution in [2.24, 2.45) is 5.92 Å². The molecule has 1 aromatic rings. The third kappa shape index (κ3) is 2.42. The van der Waals surface area contributed by atoms with Crippen LogP contribution < -0.4 is 5.32 Å². The van der Waals surface area contributed by atoms with Crippen LogP contribution in [0.4, 0.5) is 5.69 Å². The van der Waals surface area contributed by atoms with Crippen LogP contribution in [0.1, 0.15) is 42.1 Å². The van der Waals surface area contributed by atoms with Crippen LogP contribution in [-0.4, -0.2) is 29.8 Å². The molecule has 106 valence electrons. The Morgan fingerprint density at radius 1 is 1.40 bits per heavy atom. The molecule has 0 aromatic heterocycles. The molecule has 1 heterocycles. The van der Waals surface area contributed by atoms with E-state index in [1.165, 1.54) is 19.3 Å². The Balaban J connectivity index is 1.75. The Bertz CT molecular complexity index is 549. The molecule has 1 aliphatic heterocycles. The first-order valence-corrected chi connectivity index (χ1v) is 7.39. The molecule has 0 atom stereocenters. The lowest BCUT2D eigenvalue weighted by molar-refractivity contribution is -0.115. The molecule has 0 unspecified atom stereocenters. The van der Waals surface area contributed by atoms with E-state index in [1.54, 1.807) is 0 Å². The summed E-state index contributed by atoms with van der Waals surface area (Å²) in [7, 11) is 0. The van der Waals surface area contributed by atoms with E-state index in [2.05, 4.69) is 5.32 Å². The van der Waals surface area contributed by atoms with Crippen LogP contribution in [-0.2, 0) is 11.2 Å². The van der Waals surface area contributed by atoms with Crippen molar-refractivity contribution < 1.29 is 9.59 Å². The quantitative estimate of drug-likeness (QED) is 0.915. The summed E-state index contributed by atoms with van der Waals surface area (Å²) >= 11 is 0. The number of nitrogens with zero attached hydrogens (tertiary/aromatic N) is 1. The SMILES string of the molecule is CCN(CC1CCC1)C(=O)c1ccc2c(c1)NC(=O)C2. The van der Waals surface area contributed by atoms with Crippen LogP contribution >= 0.6 is 0 Å². The lowest BCUT2D eigenvalue weighted by atomic mass is 9.85. The Morgan fingerprint density at radius 3 is 2.85 bits per heavy atom. The summed E-state index contributed by atoms with van der Waals surface area (Å²) < 4.78 is 0. The molecule has 0 radical (unpaired) electrons. The van der Waals surface area contributed by atoms with Gasteiger partial charge in [-0.3, -0.25) is 9.59 Å². The number of carbonyl (C=O) groups excluding carboxylic acids is 2. The number of hydrogen-bond acceptors (Lipinski definition) is 2. The maximum atomic E-state index is 12.5. The van der Waals surface area contributed by atoms with Gasteiger partial charge in [0.25, 0.3) is 5.91 Å². The van der Waals surface area contributed by atoms with Crippen molar-refractivity contribution in [3.8, 4) is 0 Å². The molecule has 2 amide bonds. The second-order valence-electron chi connectivity index (χ2n) is 5.74. The van der Waals surface area contributed by atoms with E-state index < -0.39 is 0 Å². The predicted molar refractivity (Wildman–Crippen MR) is 77.7 cm³/mol. The van der Waals surface area contributed by atoms with Gasteiger partial charge in [0.15, 0.2) is 0 Å². The van der Waals surface area contributed by atoms with Crippen molar-refractivity contribution in [3.63, 3.8) is 0 Å². The summed E-state index contributed by atoms with van der Waals surface area (Å²) in [5, 5.41) is 2.80. The standard InChI is InChI=1S/C16H20N2O2/c1-2-18(10-11-4-3-5-11)16(20)13-7-6-12-9-15(19)17-14(12)8-13/h6-8,11H,2-5,9-10H2,1H3,(H,17,19). The van der Waals surface area contributed by atoms with E-state index in [-0.39, 0.29) is 11.8 Å². The topological polar surface area (TPSA) is 49.4 Å². The molecule has 0 bridgehead atoms. The molecular formula is C16H20N2O2. The maximum absolute atomic E-state index is 12.5. The van der Waals surface area contributed by atoms with E-state index >= 15 is 0 Å². The minimum Gasteiger partial charge on any atom is -0.339 e. The van der Waals surface area contributed by atoms with Gasteiger partial charge >= 0.3 is 0 Å². The first-order chi connectivity index (χ1) is 9.67. The smallest absolute Gasteiger partial charge is 0.253 e. The zero-order chi connectivity index (χ0) is 14.1. The van der Waals surface area contributed by atoms with Crippen molar-refractivity contribution in [1.82, 2.24) is 4.90 Å². The van der Waals surface area contributed by atoms with Gasteiger partial charge in [0, 0.05) is 24.3 Å². The van der Waals surface area contributed by atoms with Crippen LogP contribution in [0.2, 0.25) is 0 Å². The Labute approximate surface area is 119 Å². The zero-order valence-electron chi connectivity index (χ0n) is 11.8. The molecule has 1 aromatic carbocycles. The lowest BCUT2D eigenvalue weighted by Crippen LogP contribution is -2.37. The average Bonchev–Trinajstić information content (AvgIpc) is 2.76. The summed E-state index contributed by atoms with van der Waals surface area (Å²) in [6.45, 7) is 3.61. The van der Waals surface area contributed by atoms with Gasteiger partial charge in [-0.2, -0.15) is 0 Å². The number of fused-ring (bicyclic) bond motifs is 1.